The van der Waals surface area contributed by atoms with Crippen LogP contribution in [0.25, 0.3) is 0 Å². The number of hydrogen-bond acceptors (Lipinski definition) is 3. The zero-order valence-corrected chi connectivity index (χ0v) is 8.53. The molecule has 15 heavy (non-hydrogen) atoms. The molecule has 5 heteroatoms. The highest BCUT2D eigenvalue weighted by atomic mass is 19.3. The lowest BCUT2D eigenvalue weighted by Crippen LogP contribution is -2.46. The smallest absolute Gasteiger partial charge is 0.254 e. The predicted molar refractivity (Wildman–Crippen MR) is 53.0 cm³/mol. The Kier molecular flexibility index (Phi) is 2.54. The molecule has 1 aromatic heterocycles. The van der Waals surface area contributed by atoms with Crippen LogP contribution in [0.1, 0.15) is 13.3 Å². The van der Waals surface area contributed by atoms with Crippen molar-refractivity contribution in [2.75, 3.05) is 18.0 Å². The average Bonchev–Trinajstić information content (AvgIpc) is 2.23. The molecule has 3 nitrogen and oxygen atoms in total. The topological polar surface area (TPSA) is 29.0 Å². The van der Waals surface area contributed by atoms with Crippen molar-refractivity contribution in [3.63, 3.8) is 0 Å². The molecule has 1 aliphatic heterocycles. The first-order chi connectivity index (χ1) is 7.09. The van der Waals surface area contributed by atoms with Gasteiger partial charge in [0.2, 0.25) is 5.95 Å². The normalized spacial score (nSPS) is 25.3. The van der Waals surface area contributed by atoms with E-state index in [2.05, 4.69) is 9.97 Å². The molecule has 0 spiro atoms. The van der Waals surface area contributed by atoms with Crippen molar-refractivity contribution in [1.29, 1.82) is 0 Å². The van der Waals surface area contributed by atoms with Crippen molar-refractivity contribution in [3.05, 3.63) is 18.5 Å². The van der Waals surface area contributed by atoms with Gasteiger partial charge in [-0.15, -0.1) is 0 Å². The summed E-state index contributed by atoms with van der Waals surface area (Å²) in [4.78, 5) is 9.92. The summed E-state index contributed by atoms with van der Waals surface area (Å²) in [6.07, 6.45) is 3.13. The van der Waals surface area contributed by atoms with E-state index in [0.29, 0.717) is 19.0 Å². The number of alkyl halides is 2. The van der Waals surface area contributed by atoms with Crippen molar-refractivity contribution in [3.8, 4) is 0 Å². The van der Waals surface area contributed by atoms with E-state index in [1.165, 1.54) is 0 Å². The molecule has 1 unspecified atom stereocenters. The molecule has 1 atom stereocenters. The summed E-state index contributed by atoms with van der Waals surface area (Å²) in [6, 6.07) is 1.71. The van der Waals surface area contributed by atoms with Crippen LogP contribution >= 0.6 is 0 Å². The quantitative estimate of drug-likeness (QED) is 0.714. The van der Waals surface area contributed by atoms with Gasteiger partial charge in [0.15, 0.2) is 0 Å². The molecule has 0 aromatic carbocycles. The monoisotopic (exact) mass is 213 g/mol. The molecule has 0 saturated carbocycles. The van der Waals surface area contributed by atoms with Gasteiger partial charge in [-0.3, -0.25) is 0 Å². The van der Waals surface area contributed by atoms with Crippen LogP contribution in [0.5, 0.6) is 0 Å². The van der Waals surface area contributed by atoms with E-state index in [9.17, 15) is 8.78 Å². The van der Waals surface area contributed by atoms with Crippen molar-refractivity contribution in [2.45, 2.75) is 19.3 Å². The molecule has 0 aliphatic carbocycles. The van der Waals surface area contributed by atoms with Gasteiger partial charge in [-0.25, -0.2) is 18.7 Å². The molecule has 1 fully saturated rings. The first kappa shape index (κ1) is 10.3. The third-order valence-corrected chi connectivity index (χ3v) is 2.77. The summed E-state index contributed by atoms with van der Waals surface area (Å²) in [5.74, 6) is -2.65. The van der Waals surface area contributed by atoms with E-state index < -0.39 is 11.8 Å². The van der Waals surface area contributed by atoms with Gasteiger partial charge in [-0.05, 0) is 6.07 Å². The maximum atomic E-state index is 13.2. The lowest BCUT2D eigenvalue weighted by Gasteiger charge is -2.36. The highest BCUT2D eigenvalue weighted by molar-refractivity contribution is 5.29. The molecule has 1 aromatic rings. The van der Waals surface area contributed by atoms with Gasteiger partial charge in [-0.2, -0.15) is 0 Å². The van der Waals surface area contributed by atoms with E-state index in [0.717, 1.165) is 0 Å². The number of nitrogens with zero attached hydrogens (tertiary/aromatic N) is 3. The molecular weight excluding hydrogens is 200 g/mol. The van der Waals surface area contributed by atoms with Gasteiger partial charge in [-0.1, -0.05) is 6.92 Å². The highest BCUT2D eigenvalue weighted by Crippen LogP contribution is 2.33. The van der Waals surface area contributed by atoms with Crippen LogP contribution in [0.4, 0.5) is 14.7 Å². The van der Waals surface area contributed by atoms with E-state index in [4.69, 9.17) is 0 Å². The van der Waals surface area contributed by atoms with Crippen molar-refractivity contribution < 1.29 is 8.78 Å². The van der Waals surface area contributed by atoms with E-state index in [1.807, 2.05) is 4.90 Å². The SMILES string of the molecule is CC1CN(c2ncccn2)CCC1(F)F. The lowest BCUT2D eigenvalue weighted by molar-refractivity contribution is -0.0653. The van der Waals surface area contributed by atoms with E-state index in [1.54, 1.807) is 25.4 Å². The fourth-order valence-corrected chi connectivity index (χ4v) is 1.72. The number of hydrogen-bond donors (Lipinski definition) is 0. The Hall–Kier alpha value is -1.26. The van der Waals surface area contributed by atoms with Gasteiger partial charge in [0.1, 0.15) is 0 Å². The summed E-state index contributed by atoms with van der Waals surface area (Å²) in [6.45, 7) is 2.20. The van der Waals surface area contributed by atoms with Crippen molar-refractivity contribution in [2.24, 2.45) is 5.92 Å². The minimum Gasteiger partial charge on any atom is -0.340 e. The number of halogens is 2. The molecule has 0 bridgehead atoms. The van der Waals surface area contributed by atoms with Gasteiger partial charge in [0.05, 0.1) is 0 Å². The molecule has 82 valence electrons. The molecule has 1 aliphatic rings. The third-order valence-electron chi connectivity index (χ3n) is 2.77. The molecule has 1 saturated heterocycles. The summed E-state index contributed by atoms with van der Waals surface area (Å²) < 4.78 is 26.4. The number of rotatable bonds is 1. The second kappa shape index (κ2) is 3.72. The van der Waals surface area contributed by atoms with Gasteiger partial charge < -0.3 is 4.90 Å². The zero-order chi connectivity index (χ0) is 10.9. The third kappa shape index (κ3) is 2.06. The van der Waals surface area contributed by atoms with Crippen molar-refractivity contribution >= 4 is 5.95 Å². The Bertz CT molecular complexity index is 329. The van der Waals surface area contributed by atoms with Gasteiger partial charge in [0, 0.05) is 37.8 Å². The Morgan fingerprint density at radius 2 is 2.07 bits per heavy atom. The van der Waals surface area contributed by atoms with Gasteiger partial charge in [0.25, 0.3) is 5.92 Å². The van der Waals surface area contributed by atoms with Crippen LogP contribution in [0.15, 0.2) is 18.5 Å². The van der Waals surface area contributed by atoms with Crippen LogP contribution in [0.3, 0.4) is 0 Å². The number of aromatic nitrogens is 2. The molecule has 0 amide bonds. The van der Waals surface area contributed by atoms with Crippen molar-refractivity contribution in [1.82, 2.24) is 9.97 Å². The minimum absolute atomic E-state index is 0.119. The Morgan fingerprint density at radius 1 is 1.40 bits per heavy atom. The average molecular weight is 213 g/mol. The fourth-order valence-electron chi connectivity index (χ4n) is 1.72. The zero-order valence-electron chi connectivity index (χ0n) is 8.53. The van der Waals surface area contributed by atoms with Crippen LogP contribution in [0, 0.1) is 5.92 Å². The summed E-state index contributed by atoms with van der Waals surface area (Å²) in [5, 5.41) is 0. The maximum absolute atomic E-state index is 13.2. The van der Waals surface area contributed by atoms with Crippen LogP contribution in [-0.4, -0.2) is 29.0 Å². The molecular formula is C10H13F2N3. The lowest BCUT2D eigenvalue weighted by atomic mass is 9.96. The summed E-state index contributed by atoms with van der Waals surface area (Å²) in [7, 11) is 0. The second-order valence-electron chi connectivity index (χ2n) is 3.91. The fraction of sp³-hybridized carbons (Fsp3) is 0.600. The summed E-state index contributed by atoms with van der Waals surface area (Å²) in [5.41, 5.74) is 0. The molecule has 2 heterocycles. The Labute approximate surface area is 87.1 Å². The van der Waals surface area contributed by atoms with Crippen LogP contribution in [-0.2, 0) is 0 Å². The number of anilines is 1. The Balaban J connectivity index is 2.10. The van der Waals surface area contributed by atoms with Gasteiger partial charge >= 0.3 is 0 Å². The summed E-state index contributed by atoms with van der Waals surface area (Å²) >= 11 is 0. The molecule has 2 rings (SSSR count). The maximum Gasteiger partial charge on any atom is 0.254 e. The largest absolute Gasteiger partial charge is 0.340 e. The predicted octanol–water partition coefficient (Wildman–Crippen LogP) is 1.96. The standard InChI is InChI=1S/C10H13F2N3/c1-8-7-15(6-3-10(8,11)12)9-13-4-2-5-14-9/h2,4-5,8H,3,6-7H2,1H3. The minimum atomic E-state index is -2.55. The van der Waals surface area contributed by atoms with E-state index in [-0.39, 0.29) is 6.42 Å². The van der Waals surface area contributed by atoms with Crippen LogP contribution in [0.2, 0.25) is 0 Å². The number of piperidine rings is 1. The Morgan fingerprint density at radius 3 is 2.67 bits per heavy atom. The molecule has 0 N–H and O–H groups in total. The first-order valence-electron chi connectivity index (χ1n) is 4.99. The molecule has 0 radical (unpaired) electrons. The second-order valence-corrected chi connectivity index (χ2v) is 3.91. The van der Waals surface area contributed by atoms with E-state index >= 15 is 0 Å². The van der Waals surface area contributed by atoms with Crippen LogP contribution < -0.4 is 4.90 Å². The first-order valence-corrected chi connectivity index (χ1v) is 4.99. The highest BCUT2D eigenvalue weighted by Gasteiger charge is 2.41.